The number of nitrogen functional groups attached to an aromatic ring is 1. The summed E-state index contributed by atoms with van der Waals surface area (Å²) in [6.07, 6.45) is 3.31. The number of carboxylic acid groups (broad SMARTS) is 1. The number of aliphatic hydroxyl groups is 2. The number of nitrogens with two attached hydrogens (primary N) is 1. The molecular formula is C49H57N8O18P3. The van der Waals surface area contributed by atoms with Crippen molar-refractivity contribution in [3.05, 3.63) is 102 Å². The minimum absolute atomic E-state index is 0.0462. The SMILES string of the molecule is Nc1nc2c(ncn2[C@@H]2O[C@H](COP(=O)(O)OP(=O)(O)OP(=O)(O)OCCCCCCNC(=O)c3ccc(C(=O)[O-])c(C4=c5cc6c7c(c5Oc5c4cc4c8c5CCCN8CCC4)CCC[N+]=7CCC6)c3)[C@@H](O)[C@H]2O)c(=O)[nH]1. The van der Waals surface area contributed by atoms with Gasteiger partial charge in [0.15, 0.2) is 17.4 Å². The lowest BCUT2D eigenvalue weighted by Crippen LogP contribution is -2.45. The highest BCUT2D eigenvalue weighted by Crippen LogP contribution is 2.68. The highest BCUT2D eigenvalue weighted by atomic mass is 31.3. The molecule has 29 heteroatoms. The fourth-order valence-electron chi connectivity index (χ4n) is 11.7. The summed E-state index contributed by atoms with van der Waals surface area (Å²) in [6, 6.07) is 8.85. The highest BCUT2D eigenvalue weighted by Gasteiger charge is 2.48. The number of nitrogens with zero attached hydrogens (tertiary/aromatic N) is 5. The minimum atomic E-state index is -5.86. The van der Waals surface area contributed by atoms with E-state index in [9.17, 15) is 58.1 Å². The van der Waals surface area contributed by atoms with Gasteiger partial charge in [0.1, 0.15) is 42.9 Å². The van der Waals surface area contributed by atoms with Gasteiger partial charge in [-0.3, -0.25) is 28.2 Å². The molecular weight excluding hydrogens is 1080 g/mol. The Morgan fingerprint density at radius 3 is 2.36 bits per heavy atom. The number of nitrogens with one attached hydrogen (secondary N) is 2. The average molecular weight is 1140 g/mol. The molecule has 26 nitrogen and oxygen atoms in total. The molecule has 1 saturated heterocycles. The summed E-state index contributed by atoms with van der Waals surface area (Å²) >= 11 is 0. The predicted molar refractivity (Wildman–Crippen MR) is 274 cm³/mol. The summed E-state index contributed by atoms with van der Waals surface area (Å²) < 4.78 is 71.7. The van der Waals surface area contributed by atoms with E-state index in [1.807, 2.05) is 0 Å². The van der Waals surface area contributed by atoms with Crippen LogP contribution >= 0.6 is 23.5 Å². The molecule has 0 aliphatic carbocycles. The zero-order valence-electron chi connectivity index (χ0n) is 41.9. The number of aromatic carboxylic acids is 1. The summed E-state index contributed by atoms with van der Waals surface area (Å²) in [5, 5.41) is 39.1. The molecule has 2 aromatic heterocycles. The molecule has 416 valence electrons. The van der Waals surface area contributed by atoms with Crippen molar-refractivity contribution in [2.24, 2.45) is 0 Å². The van der Waals surface area contributed by atoms with Crippen molar-refractivity contribution in [3.63, 3.8) is 0 Å². The van der Waals surface area contributed by atoms with Gasteiger partial charge in [-0.1, -0.05) is 18.9 Å². The number of anilines is 2. The third-order valence-corrected chi connectivity index (χ3v) is 19.2. The van der Waals surface area contributed by atoms with Gasteiger partial charge in [-0.25, -0.2) is 23.3 Å². The number of ether oxygens (including phenoxy) is 2. The van der Waals surface area contributed by atoms with E-state index in [2.05, 4.69) is 55.0 Å². The standard InChI is InChI=1S/C49H57N8O18P3/c50-49-53-44-37(46(61)54-49)52-25-57(44)47-41(59)40(58)35(72-47)24-71-77(66,67)75-78(68,69)74-76(64,65)70-20-4-2-1-3-15-51-45(60)28-13-14-29(48(62)63)32(23-28)36-33-21-26-9-5-16-55-18-7-11-30(38(26)55)42(33)73-43-31-12-8-19-56-17-6-10-27(39(31)56)22-34(36)43/h13-14,21-23,25,35,40-41,47,58-59H,1-12,15-20,24H2,(H7-,50,51,53,54,60,61,62,63,64,65,66,67,68,69)/t35-,40-,41-,47-/m1/s1. The first kappa shape index (κ1) is 54.3. The first-order chi connectivity index (χ1) is 37.3. The third kappa shape index (κ3) is 10.6. The minimum Gasteiger partial charge on any atom is -0.545 e. The van der Waals surface area contributed by atoms with Crippen LogP contribution in [0.3, 0.4) is 0 Å². The molecule has 11 rings (SSSR count). The number of aromatic amines is 1. The quantitative estimate of drug-likeness (QED) is 0.0323. The fraction of sp³-hybridized carbons (Fsp3) is 0.469. The maximum Gasteiger partial charge on any atom is 0.490 e. The second kappa shape index (κ2) is 21.4. The predicted octanol–water partition coefficient (Wildman–Crippen LogP) is 1.48. The number of hydrogen-bond donors (Lipinski definition) is 8. The molecule has 78 heavy (non-hydrogen) atoms. The smallest absolute Gasteiger partial charge is 0.490 e. The summed E-state index contributed by atoms with van der Waals surface area (Å²) in [5.74, 6) is -0.606. The van der Waals surface area contributed by atoms with E-state index in [1.54, 1.807) is 6.07 Å². The van der Waals surface area contributed by atoms with Crippen LogP contribution in [0.25, 0.3) is 16.7 Å². The Bertz CT molecular complexity index is 3620. The molecule has 1 amide bonds. The number of benzene rings is 3. The number of carboxylic acids is 1. The van der Waals surface area contributed by atoms with Crippen molar-refractivity contribution in [2.75, 3.05) is 56.6 Å². The number of phosphoric ester groups is 2. The van der Waals surface area contributed by atoms with E-state index in [0.29, 0.717) is 30.4 Å². The molecule has 0 radical (unpaired) electrons. The number of carbonyl (C=O) groups is 2. The Hall–Kier alpha value is -5.69. The van der Waals surface area contributed by atoms with E-state index < -0.39 is 78.7 Å². The van der Waals surface area contributed by atoms with Crippen LogP contribution < -0.4 is 46.5 Å². The van der Waals surface area contributed by atoms with E-state index in [0.717, 1.165) is 122 Å². The number of aromatic nitrogens is 4. The van der Waals surface area contributed by atoms with Crippen LogP contribution in [0.4, 0.5) is 11.6 Å². The maximum absolute atomic E-state index is 13.8. The van der Waals surface area contributed by atoms with Gasteiger partial charge in [0.05, 0.1) is 31.1 Å². The number of aryl methyl sites for hydroxylation is 2. The molecule has 1 fully saturated rings. The molecule has 0 saturated carbocycles. The lowest BCUT2D eigenvalue weighted by atomic mass is 9.81. The number of phosphoric acid groups is 3. The Morgan fingerprint density at radius 2 is 1.58 bits per heavy atom. The molecule has 8 heterocycles. The highest BCUT2D eigenvalue weighted by molar-refractivity contribution is 7.66. The van der Waals surface area contributed by atoms with E-state index in [1.165, 1.54) is 34.3 Å². The molecule has 3 unspecified atom stereocenters. The van der Waals surface area contributed by atoms with Crippen molar-refractivity contribution in [1.29, 1.82) is 0 Å². The van der Waals surface area contributed by atoms with Gasteiger partial charge in [-0.2, -0.15) is 13.6 Å². The summed E-state index contributed by atoms with van der Waals surface area (Å²) in [7, 11) is -16.9. The number of carbonyl (C=O) groups excluding carboxylic acids is 2. The monoisotopic (exact) mass is 1140 g/mol. The third-order valence-electron chi connectivity index (χ3n) is 14.9. The average Bonchev–Trinajstić information content (AvgIpc) is 3.60. The molecule has 3 aromatic carbocycles. The van der Waals surface area contributed by atoms with Crippen molar-refractivity contribution >= 4 is 63.7 Å². The van der Waals surface area contributed by atoms with Gasteiger partial charge in [-0.15, -0.1) is 0 Å². The van der Waals surface area contributed by atoms with Gasteiger partial charge in [0.2, 0.25) is 11.3 Å². The van der Waals surface area contributed by atoms with E-state index in [4.69, 9.17) is 19.7 Å². The summed E-state index contributed by atoms with van der Waals surface area (Å²) in [4.78, 5) is 81.9. The summed E-state index contributed by atoms with van der Waals surface area (Å²) in [6.45, 7) is 2.57. The second-order valence-electron chi connectivity index (χ2n) is 20.1. The Kier molecular flexibility index (Phi) is 14.9. The van der Waals surface area contributed by atoms with Crippen LogP contribution in [0, 0.1) is 0 Å². The van der Waals surface area contributed by atoms with Gasteiger partial charge in [-0.05, 0) is 86.8 Å². The Morgan fingerprint density at radius 1 is 0.859 bits per heavy atom. The number of amides is 1. The number of fused-ring (bicyclic) bond motifs is 5. The van der Waals surface area contributed by atoms with Gasteiger partial charge in [0, 0.05) is 76.8 Å². The molecule has 6 aliphatic heterocycles. The van der Waals surface area contributed by atoms with Crippen molar-refractivity contribution < 1.29 is 80.4 Å². The van der Waals surface area contributed by atoms with Crippen LogP contribution in [-0.4, -0.2) is 121 Å². The lowest BCUT2D eigenvalue weighted by molar-refractivity contribution is -0.255. The van der Waals surface area contributed by atoms with E-state index >= 15 is 0 Å². The van der Waals surface area contributed by atoms with E-state index in [-0.39, 0.29) is 41.2 Å². The molecule has 0 bridgehead atoms. The van der Waals surface area contributed by atoms with Gasteiger partial charge < -0.3 is 60.2 Å². The van der Waals surface area contributed by atoms with Gasteiger partial charge in [0.25, 0.3) is 11.5 Å². The normalized spacial score (nSPS) is 22.6. The molecule has 6 aliphatic rings. The topological polar surface area (TPSA) is 373 Å². The molecule has 0 spiro atoms. The number of unbranched alkanes of at least 4 members (excludes halogenated alkanes) is 3. The maximum atomic E-state index is 13.8. The zero-order chi connectivity index (χ0) is 54.8. The summed E-state index contributed by atoms with van der Waals surface area (Å²) in [5.41, 5.74) is 12.6. The Labute approximate surface area is 443 Å². The zero-order valence-corrected chi connectivity index (χ0v) is 44.6. The van der Waals surface area contributed by atoms with Crippen LogP contribution in [0.1, 0.15) is 112 Å². The van der Waals surface area contributed by atoms with Crippen molar-refractivity contribution in [1.82, 2.24) is 29.4 Å². The number of rotatable bonds is 19. The van der Waals surface area contributed by atoms with Crippen LogP contribution in [-0.2, 0) is 61.8 Å². The second-order valence-corrected chi connectivity index (χ2v) is 24.7. The number of hydrogen-bond acceptors (Lipinski definition) is 19. The molecule has 7 atom stereocenters. The first-order valence-corrected chi connectivity index (χ1v) is 30.3. The van der Waals surface area contributed by atoms with Crippen LogP contribution in [0.2, 0.25) is 0 Å². The number of H-pyrrole nitrogens is 1. The fourth-order valence-corrected chi connectivity index (χ4v) is 15.2. The van der Waals surface area contributed by atoms with Crippen molar-refractivity contribution in [2.45, 2.75) is 102 Å². The number of aliphatic hydroxyl groups excluding tert-OH is 2. The van der Waals surface area contributed by atoms with Crippen LogP contribution in [0.5, 0.6) is 11.5 Å². The van der Waals surface area contributed by atoms with Crippen LogP contribution in [0.15, 0.2) is 41.5 Å². The number of imidazole rings is 1. The van der Waals surface area contributed by atoms with Gasteiger partial charge >= 0.3 is 23.5 Å². The largest absolute Gasteiger partial charge is 0.545 e. The van der Waals surface area contributed by atoms with Crippen molar-refractivity contribution in [3.8, 4) is 11.5 Å². The molecule has 5 aromatic rings. The first-order valence-electron chi connectivity index (χ1n) is 25.8. The molecule has 9 N–H and O–H groups in total. The lowest BCUT2D eigenvalue weighted by Gasteiger charge is -2.39. The Balaban J connectivity index is 0.697.